The molecule has 1 heterocycles. The first-order chi connectivity index (χ1) is 15.8. The van der Waals surface area contributed by atoms with Crippen molar-refractivity contribution in [2.75, 3.05) is 12.4 Å². The van der Waals surface area contributed by atoms with E-state index >= 15 is 0 Å². The fourth-order valence-corrected chi connectivity index (χ4v) is 4.59. The number of aryl methyl sites for hydroxylation is 1. The first kappa shape index (κ1) is 25.2. The quantitative estimate of drug-likeness (QED) is 0.277. The molecule has 3 unspecified atom stereocenters. The number of rotatable bonds is 9. The number of hydrogen-bond acceptors (Lipinski definition) is 8. The van der Waals surface area contributed by atoms with Crippen molar-refractivity contribution in [3.05, 3.63) is 77.2 Å². The van der Waals surface area contributed by atoms with Crippen LogP contribution in [0.3, 0.4) is 0 Å². The van der Waals surface area contributed by atoms with Crippen LogP contribution in [-0.2, 0) is 11.2 Å². The third kappa shape index (κ3) is 6.12. The van der Waals surface area contributed by atoms with Gasteiger partial charge in [-0.1, -0.05) is 30.3 Å². The lowest BCUT2D eigenvalue weighted by atomic mass is 9.97. The summed E-state index contributed by atoms with van der Waals surface area (Å²) in [6.45, 7) is -0.504. The molecule has 0 amide bonds. The van der Waals surface area contributed by atoms with E-state index in [0.717, 1.165) is 11.8 Å². The van der Waals surface area contributed by atoms with E-state index in [1.807, 2.05) is 30.3 Å². The third-order valence-corrected chi connectivity index (χ3v) is 6.37. The van der Waals surface area contributed by atoms with Crippen LogP contribution < -0.4 is 5.32 Å². The molecule has 2 aromatic rings. The number of aliphatic hydroxyl groups excluding tert-OH is 3. The van der Waals surface area contributed by atoms with Gasteiger partial charge in [0.05, 0.1) is 12.6 Å². The largest absolute Gasteiger partial charge is 0.394 e. The first-order valence-corrected chi connectivity index (χ1v) is 11.2. The Morgan fingerprint density at radius 1 is 1.12 bits per heavy atom. The van der Waals surface area contributed by atoms with Crippen LogP contribution in [0.4, 0.5) is 13.2 Å². The van der Waals surface area contributed by atoms with Gasteiger partial charge in [0.1, 0.15) is 29.4 Å². The Balaban J connectivity index is 1.73. The van der Waals surface area contributed by atoms with E-state index in [1.54, 1.807) is 0 Å². The van der Waals surface area contributed by atoms with Crippen molar-refractivity contribution in [2.24, 2.45) is 5.11 Å². The summed E-state index contributed by atoms with van der Waals surface area (Å²) in [5.41, 5.74) is 7.14. The lowest BCUT2D eigenvalue weighted by Crippen LogP contribution is -2.62. The van der Waals surface area contributed by atoms with E-state index < -0.39 is 53.8 Å². The van der Waals surface area contributed by atoms with Gasteiger partial charge < -0.3 is 25.4 Å². The molecule has 0 saturated carbocycles. The Kier molecular flexibility index (Phi) is 8.87. The van der Waals surface area contributed by atoms with Crippen molar-refractivity contribution < 1.29 is 33.2 Å². The molecule has 5 atom stereocenters. The van der Waals surface area contributed by atoms with E-state index in [-0.39, 0.29) is 11.3 Å². The molecule has 11 heteroatoms. The number of benzene rings is 2. The number of nitrogens with zero attached hydrogens (tertiary/aromatic N) is 1. The maximum Gasteiger partial charge on any atom is 0.194 e. The predicted molar refractivity (Wildman–Crippen MR) is 117 cm³/mol. The zero-order valence-corrected chi connectivity index (χ0v) is 18.2. The second-order valence-corrected chi connectivity index (χ2v) is 8.61. The fraction of sp³-hybridized carbons (Fsp3) is 0.364. The van der Waals surface area contributed by atoms with Crippen molar-refractivity contribution in [2.45, 2.75) is 36.2 Å². The van der Waals surface area contributed by atoms with Gasteiger partial charge in [0, 0.05) is 11.8 Å². The van der Waals surface area contributed by atoms with Crippen molar-refractivity contribution in [3.8, 4) is 0 Å². The normalized spacial score (nSPS) is 25.6. The van der Waals surface area contributed by atoms with Gasteiger partial charge >= 0.3 is 0 Å². The van der Waals surface area contributed by atoms with Gasteiger partial charge in [-0.15, -0.1) is 11.8 Å². The topological polar surface area (TPSA) is 118 Å². The lowest BCUT2D eigenvalue weighted by molar-refractivity contribution is -0.164. The molecular formula is C22H24F3N3O4S. The third-order valence-electron chi connectivity index (χ3n) is 5.21. The second-order valence-electron chi connectivity index (χ2n) is 7.40. The molecule has 7 nitrogen and oxygen atoms in total. The number of ether oxygens (including phenoxy) is 1. The lowest BCUT2D eigenvalue weighted by Gasteiger charge is -2.42. The van der Waals surface area contributed by atoms with Crippen molar-refractivity contribution in [1.29, 1.82) is 5.53 Å². The van der Waals surface area contributed by atoms with Gasteiger partial charge in [-0.05, 0) is 29.9 Å². The average Bonchev–Trinajstić information content (AvgIpc) is 2.81. The zero-order chi connectivity index (χ0) is 24.0. The summed E-state index contributed by atoms with van der Waals surface area (Å²) >= 11 is 1.31. The van der Waals surface area contributed by atoms with Gasteiger partial charge in [0.25, 0.3) is 0 Å². The number of nitrogens with one attached hydrogen (secondary N) is 2. The molecule has 178 valence electrons. The van der Waals surface area contributed by atoms with Crippen molar-refractivity contribution >= 4 is 17.5 Å². The molecule has 5 N–H and O–H groups in total. The van der Waals surface area contributed by atoms with Gasteiger partial charge in [-0.2, -0.15) is 5.11 Å². The van der Waals surface area contributed by atoms with Crippen LogP contribution in [0.25, 0.3) is 5.70 Å². The summed E-state index contributed by atoms with van der Waals surface area (Å²) in [5.74, 6) is -3.93. The highest BCUT2D eigenvalue weighted by Gasteiger charge is 2.44. The molecule has 33 heavy (non-hydrogen) atoms. The summed E-state index contributed by atoms with van der Waals surface area (Å²) in [6, 6.07) is 10.0. The standard InChI is InChI=1S/C22H24F3N3O4S/c23-14-8-13(9-15(24)18(14)25)16(28-26)10-27-19-20(30)17(11-29)32-22(21(19)31)33-7-6-12-4-2-1-3-5-12/h1-5,8-10,17,19-22,26-27,29-31H,6-7,11H2/b16-10-,28-26?/t17?,19?,20-,21?,22+/m0/s1. The maximum atomic E-state index is 13.6. The van der Waals surface area contributed by atoms with E-state index in [1.165, 1.54) is 11.8 Å². The van der Waals surface area contributed by atoms with Crippen LogP contribution in [-0.4, -0.2) is 57.5 Å². The molecule has 0 aliphatic carbocycles. The van der Waals surface area contributed by atoms with Crippen molar-refractivity contribution in [1.82, 2.24) is 5.32 Å². The monoisotopic (exact) mass is 483 g/mol. The summed E-state index contributed by atoms with van der Waals surface area (Å²) in [4.78, 5) is 0. The Bertz CT molecular complexity index is 960. The highest BCUT2D eigenvalue weighted by molar-refractivity contribution is 7.99. The molecule has 0 radical (unpaired) electrons. The minimum Gasteiger partial charge on any atom is -0.394 e. The SMILES string of the molecule is N=N/C(=C\NC1C(O)[C@@H](SCCc2ccccc2)OC(CO)[C@@H]1O)c1cc(F)c(F)c(F)c1. The molecule has 1 saturated heterocycles. The summed E-state index contributed by atoms with van der Waals surface area (Å²) < 4.78 is 46.0. The molecule has 0 bridgehead atoms. The molecule has 0 aromatic heterocycles. The minimum atomic E-state index is -1.65. The molecule has 1 fully saturated rings. The minimum absolute atomic E-state index is 0.211. The van der Waals surface area contributed by atoms with Crippen molar-refractivity contribution in [3.63, 3.8) is 0 Å². The summed E-state index contributed by atoms with van der Waals surface area (Å²) in [6.07, 6.45) is -1.76. The molecular weight excluding hydrogens is 459 g/mol. The number of thioether (sulfide) groups is 1. The number of halogens is 3. The maximum absolute atomic E-state index is 13.6. The Labute approximate surface area is 192 Å². The van der Waals surface area contributed by atoms with Crippen LogP contribution >= 0.6 is 11.8 Å². The van der Waals surface area contributed by atoms with Crippen LogP contribution in [0.2, 0.25) is 0 Å². The van der Waals surface area contributed by atoms with Gasteiger partial charge in [0.2, 0.25) is 0 Å². The predicted octanol–water partition coefficient (Wildman–Crippen LogP) is 2.81. The van der Waals surface area contributed by atoms with E-state index in [2.05, 4.69) is 10.4 Å². The zero-order valence-electron chi connectivity index (χ0n) is 17.4. The van der Waals surface area contributed by atoms with Gasteiger partial charge in [-0.3, -0.25) is 0 Å². The van der Waals surface area contributed by atoms with Crippen LogP contribution in [0.15, 0.2) is 53.8 Å². The Hall–Kier alpha value is -2.44. The van der Waals surface area contributed by atoms with E-state index in [0.29, 0.717) is 24.3 Å². The van der Waals surface area contributed by atoms with Gasteiger partial charge in [0.15, 0.2) is 17.5 Å². The fourth-order valence-electron chi connectivity index (χ4n) is 3.42. The van der Waals surface area contributed by atoms with E-state index in [9.17, 15) is 28.5 Å². The average molecular weight is 484 g/mol. The number of hydrogen-bond donors (Lipinski definition) is 5. The molecule has 1 aliphatic heterocycles. The summed E-state index contributed by atoms with van der Waals surface area (Å²) in [5, 5.41) is 36.8. The molecule has 3 rings (SSSR count). The highest BCUT2D eigenvalue weighted by Crippen LogP contribution is 2.29. The second kappa shape index (κ2) is 11.6. The molecule has 0 spiro atoms. The molecule has 1 aliphatic rings. The molecule has 2 aromatic carbocycles. The number of aliphatic hydroxyl groups is 3. The van der Waals surface area contributed by atoms with Crippen LogP contribution in [0, 0.1) is 23.0 Å². The van der Waals surface area contributed by atoms with Crippen LogP contribution in [0.1, 0.15) is 11.1 Å². The highest BCUT2D eigenvalue weighted by atomic mass is 32.2. The van der Waals surface area contributed by atoms with Crippen LogP contribution in [0.5, 0.6) is 0 Å². The Morgan fingerprint density at radius 2 is 1.79 bits per heavy atom. The Morgan fingerprint density at radius 3 is 2.39 bits per heavy atom. The first-order valence-electron chi connectivity index (χ1n) is 10.1. The summed E-state index contributed by atoms with van der Waals surface area (Å²) in [7, 11) is 0. The smallest absolute Gasteiger partial charge is 0.194 e. The van der Waals surface area contributed by atoms with Gasteiger partial charge in [-0.25, -0.2) is 18.7 Å². The van der Waals surface area contributed by atoms with E-state index in [4.69, 9.17) is 10.3 Å².